The quantitative estimate of drug-likeness (QED) is 0.451. The van der Waals surface area contributed by atoms with Crippen molar-refractivity contribution in [3.05, 3.63) is 99.5 Å². The lowest BCUT2D eigenvalue weighted by Gasteiger charge is -2.19. The molecule has 162 valence electrons. The fourth-order valence-corrected chi connectivity index (χ4v) is 4.23. The van der Waals surface area contributed by atoms with Crippen molar-refractivity contribution in [1.29, 1.82) is 0 Å². The number of nitrogens with one attached hydrogen (secondary N) is 1. The van der Waals surface area contributed by atoms with Crippen LogP contribution in [-0.4, -0.2) is 33.5 Å². The number of aryl methyl sites for hydroxylation is 1. The summed E-state index contributed by atoms with van der Waals surface area (Å²) in [5.74, 6) is -0.392. The summed E-state index contributed by atoms with van der Waals surface area (Å²) in [4.78, 5) is 28.0. The smallest absolute Gasteiger partial charge is 0.265 e. The molecule has 0 unspecified atom stereocenters. The number of carbonyl (C=O) groups is 2. The van der Waals surface area contributed by atoms with Gasteiger partial charge in [-0.05, 0) is 49.6 Å². The number of carbonyl (C=O) groups excluding carboxylic acids is 2. The lowest BCUT2D eigenvalue weighted by atomic mass is 10.1. The summed E-state index contributed by atoms with van der Waals surface area (Å²) in [7, 11) is 1.76. The van der Waals surface area contributed by atoms with E-state index < -0.39 is 0 Å². The largest absolute Gasteiger partial charge is 0.337 e. The van der Waals surface area contributed by atoms with E-state index in [1.54, 1.807) is 42.3 Å². The molecule has 0 atom stereocenters. The molecule has 4 rings (SSSR count). The van der Waals surface area contributed by atoms with Gasteiger partial charge in [-0.2, -0.15) is 5.10 Å². The first-order valence-electron chi connectivity index (χ1n) is 10.3. The number of thiophene rings is 1. The zero-order chi connectivity index (χ0) is 22.7. The summed E-state index contributed by atoms with van der Waals surface area (Å²) in [6, 6.07) is 20.6. The van der Waals surface area contributed by atoms with Crippen LogP contribution in [0.4, 0.5) is 5.69 Å². The molecule has 4 aromatic rings. The normalized spacial score (nSPS) is 10.7. The monoisotopic (exact) mass is 444 g/mol. The first-order chi connectivity index (χ1) is 15.5. The van der Waals surface area contributed by atoms with E-state index in [-0.39, 0.29) is 11.8 Å². The second kappa shape index (κ2) is 9.20. The van der Waals surface area contributed by atoms with Gasteiger partial charge < -0.3 is 10.2 Å². The van der Waals surface area contributed by atoms with Gasteiger partial charge >= 0.3 is 0 Å². The molecule has 0 spiro atoms. The molecule has 7 heteroatoms. The maximum atomic E-state index is 13.3. The van der Waals surface area contributed by atoms with Gasteiger partial charge in [0.15, 0.2) is 0 Å². The maximum Gasteiger partial charge on any atom is 0.265 e. The molecule has 0 bridgehead atoms. The van der Waals surface area contributed by atoms with Crippen LogP contribution in [0.5, 0.6) is 0 Å². The third-order valence-corrected chi connectivity index (χ3v) is 6.20. The highest BCUT2D eigenvalue weighted by Gasteiger charge is 2.21. The highest BCUT2D eigenvalue weighted by Crippen LogP contribution is 2.23. The van der Waals surface area contributed by atoms with E-state index in [4.69, 9.17) is 0 Å². The number of amides is 2. The number of nitrogens with zero attached hydrogens (tertiary/aromatic N) is 3. The minimum absolute atomic E-state index is 0.168. The highest BCUT2D eigenvalue weighted by molar-refractivity contribution is 7.12. The van der Waals surface area contributed by atoms with Gasteiger partial charge in [0.1, 0.15) is 0 Å². The molecule has 0 aliphatic heterocycles. The molecule has 2 aromatic carbocycles. The minimum atomic E-state index is -0.223. The topological polar surface area (TPSA) is 67.2 Å². The Bertz CT molecular complexity index is 1250. The van der Waals surface area contributed by atoms with Gasteiger partial charge in [-0.15, -0.1) is 11.3 Å². The van der Waals surface area contributed by atoms with Crippen molar-refractivity contribution in [3.63, 3.8) is 0 Å². The predicted octanol–water partition coefficient (Wildman–Crippen LogP) is 5.08. The average Bonchev–Trinajstić information content (AvgIpc) is 3.44. The van der Waals surface area contributed by atoms with E-state index in [2.05, 4.69) is 10.4 Å². The summed E-state index contributed by atoms with van der Waals surface area (Å²) in [6.45, 7) is 4.38. The van der Waals surface area contributed by atoms with Crippen LogP contribution < -0.4 is 5.32 Å². The second-order valence-corrected chi connectivity index (χ2v) is 8.48. The van der Waals surface area contributed by atoms with Crippen LogP contribution in [0, 0.1) is 13.8 Å². The Morgan fingerprint density at radius 3 is 2.44 bits per heavy atom. The number of anilines is 1. The summed E-state index contributed by atoms with van der Waals surface area (Å²) >= 11 is 1.36. The molecule has 0 aliphatic carbocycles. The molecule has 2 heterocycles. The molecule has 1 N–H and O–H groups in total. The number of hydrogen-bond acceptors (Lipinski definition) is 4. The van der Waals surface area contributed by atoms with Crippen LogP contribution in [-0.2, 0) is 6.54 Å². The summed E-state index contributed by atoms with van der Waals surface area (Å²) in [6.07, 6.45) is 0. The average molecular weight is 445 g/mol. The Morgan fingerprint density at radius 2 is 1.72 bits per heavy atom. The van der Waals surface area contributed by atoms with E-state index in [1.165, 1.54) is 11.3 Å². The molecule has 2 aromatic heterocycles. The molecular weight excluding hydrogens is 420 g/mol. The van der Waals surface area contributed by atoms with Gasteiger partial charge in [0.2, 0.25) is 0 Å². The SMILES string of the molecule is Cc1nn(-c2ccccc2)c(C)c1CN(C)C(=O)c1ccccc1NC(=O)c1cccs1. The zero-order valence-electron chi connectivity index (χ0n) is 18.2. The molecule has 0 aliphatic rings. The Labute approximate surface area is 191 Å². The first kappa shape index (κ1) is 21.5. The Morgan fingerprint density at radius 1 is 1.00 bits per heavy atom. The van der Waals surface area contributed by atoms with Gasteiger partial charge in [-0.1, -0.05) is 36.4 Å². The minimum Gasteiger partial charge on any atom is -0.337 e. The Hall–Kier alpha value is -3.71. The van der Waals surface area contributed by atoms with Gasteiger partial charge in [0, 0.05) is 24.8 Å². The summed E-state index contributed by atoms with van der Waals surface area (Å²) in [5.41, 5.74) is 4.81. The lowest BCUT2D eigenvalue weighted by Crippen LogP contribution is -2.28. The molecule has 0 saturated carbocycles. The molecule has 2 amide bonds. The van der Waals surface area contributed by atoms with E-state index in [1.807, 2.05) is 60.3 Å². The van der Waals surface area contributed by atoms with Crippen molar-refractivity contribution < 1.29 is 9.59 Å². The fourth-order valence-electron chi connectivity index (χ4n) is 3.61. The van der Waals surface area contributed by atoms with Crippen molar-refractivity contribution in [2.45, 2.75) is 20.4 Å². The van der Waals surface area contributed by atoms with Crippen LogP contribution in [0.3, 0.4) is 0 Å². The molecule has 0 radical (unpaired) electrons. The Balaban J connectivity index is 1.56. The van der Waals surface area contributed by atoms with Crippen molar-refractivity contribution in [3.8, 4) is 5.69 Å². The molecule has 0 fully saturated rings. The number of hydrogen-bond donors (Lipinski definition) is 1. The van der Waals surface area contributed by atoms with Crippen LogP contribution in [0.2, 0.25) is 0 Å². The first-order valence-corrected chi connectivity index (χ1v) is 11.1. The predicted molar refractivity (Wildman–Crippen MR) is 128 cm³/mol. The van der Waals surface area contributed by atoms with E-state index in [0.717, 1.165) is 22.6 Å². The van der Waals surface area contributed by atoms with Gasteiger partial charge in [0.25, 0.3) is 11.8 Å². The summed E-state index contributed by atoms with van der Waals surface area (Å²) in [5, 5.41) is 9.39. The second-order valence-electron chi connectivity index (χ2n) is 7.53. The molecule has 32 heavy (non-hydrogen) atoms. The van der Waals surface area contributed by atoms with Crippen molar-refractivity contribution in [2.24, 2.45) is 0 Å². The van der Waals surface area contributed by atoms with Gasteiger partial charge in [-0.3, -0.25) is 9.59 Å². The van der Waals surface area contributed by atoms with Crippen LogP contribution in [0.25, 0.3) is 5.69 Å². The number of rotatable bonds is 6. The Kier molecular flexibility index (Phi) is 6.18. The number of aromatic nitrogens is 2. The lowest BCUT2D eigenvalue weighted by molar-refractivity contribution is 0.0786. The van der Waals surface area contributed by atoms with Gasteiger partial charge in [0.05, 0.1) is 27.5 Å². The van der Waals surface area contributed by atoms with Crippen LogP contribution >= 0.6 is 11.3 Å². The fraction of sp³-hybridized carbons (Fsp3) is 0.160. The number of para-hydroxylation sites is 2. The summed E-state index contributed by atoms with van der Waals surface area (Å²) < 4.78 is 1.90. The van der Waals surface area contributed by atoms with Crippen molar-refractivity contribution in [2.75, 3.05) is 12.4 Å². The van der Waals surface area contributed by atoms with Crippen molar-refractivity contribution >= 4 is 28.8 Å². The van der Waals surface area contributed by atoms with E-state index in [9.17, 15) is 9.59 Å². The maximum absolute atomic E-state index is 13.3. The van der Waals surface area contributed by atoms with E-state index in [0.29, 0.717) is 22.7 Å². The number of benzene rings is 2. The van der Waals surface area contributed by atoms with Crippen LogP contribution in [0.15, 0.2) is 72.1 Å². The van der Waals surface area contributed by atoms with Crippen molar-refractivity contribution in [1.82, 2.24) is 14.7 Å². The molecular formula is C25H24N4O2S. The molecule has 6 nitrogen and oxygen atoms in total. The van der Waals surface area contributed by atoms with Crippen LogP contribution in [0.1, 0.15) is 37.0 Å². The van der Waals surface area contributed by atoms with E-state index >= 15 is 0 Å². The zero-order valence-corrected chi connectivity index (χ0v) is 19.0. The third kappa shape index (κ3) is 4.33. The highest BCUT2D eigenvalue weighted by atomic mass is 32.1. The van der Waals surface area contributed by atoms with Gasteiger partial charge in [-0.25, -0.2) is 4.68 Å². The molecule has 0 saturated heterocycles. The standard InChI is InChI=1S/C25H24N4O2S/c1-17-21(18(2)29(27-17)19-10-5-4-6-11-19)16-28(3)25(31)20-12-7-8-13-22(20)26-24(30)23-14-9-15-32-23/h4-15H,16H2,1-3H3,(H,26,30). The third-order valence-electron chi connectivity index (χ3n) is 5.33.